The summed E-state index contributed by atoms with van der Waals surface area (Å²) >= 11 is 0. The predicted octanol–water partition coefficient (Wildman–Crippen LogP) is 2.34. The van der Waals surface area contributed by atoms with Gasteiger partial charge in [-0.1, -0.05) is 18.2 Å². The summed E-state index contributed by atoms with van der Waals surface area (Å²) in [6.07, 6.45) is 0.788. The summed E-state index contributed by atoms with van der Waals surface area (Å²) in [5, 5.41) is 5.97. The normalized spacial score (nSPS) is 15.5. The van der Waals surface area contributed by atoms with Crippen molar-refractivity contribution in [3.05, 3.63) is 60.2 Å². The molecule has 0 bridgehead atoms. The van der Waals surface area contributed by atoms with E-state index in [1.54, 1.807) is 24.3 Å². The smallest absolute Gasteiger partial charge is 0.255 e. The van der Waals surface area contributed by atoms with E-state index in [4.69, 9.17) is 0 Å². The van der Waals surface area contributed by atoms with Gasteiger partial charge in [-0.15, -0.1) is 12.4 Å². The number of hydrogen-bond acceptors (Lipinski definition) is 4. The molecular weight excluding hydrogens is 374 g/mol. The van der Waals surface area contributed by atoms with Crippen molar-refractivity contribution in [3.8, 4) is 0 Å². The average Bonchev–Trinajstić information content (AvgIpc) is 2.93. The molecule has 1 saturated heterocycles. The number of amides is 1. The number of carbonyl (C=O) groups excluding carboxylic acids is 1. The van der Waals surface area contributed by atoms with E-state index in [2.05, 4.69) is 10.6 Å². The molecule has 0 radical (unpaired) electrons. The van der Waals surface area contributed by atoms with Crippen LogP contribution in [0.15, 0.2) is 59.5 Å². The number of benzene rings is 2. The summed E-state index contributed by atoms with van der Waals surface area (Å²) in [6.45, 7) is 2.44. The molecule has 0 saturated carbocycles. The van der Waals surface area contributed by atoms with E-state index in [1.807, 2.05) is 18.2 Å². The fourth-order valence-corrected chi connectivity index (χ4v) is 4.19. The highest BCUT2D eigenvalue weighted by Gasteiger charge is 2.25. The molecule has 0 aromatic heterocycles. The minimum Gasteiger partial charge on any atom is -0.322 e. The molecule has 1 aliphatic heterocycles. The first-order chi connectivity index (χ1) is 12.1. The Bertz CT molecular complexity index is 819. The monoisotopic (exact) mass is 395 g/mol. The number of hydrogen-bond donors (Lipinski definition) is 2. The third-order valence-corrected chi connectivity index (χ3v) is 6.00. The SMILES string of the molecule is Cl.O=C(Nc1ccccc1)c1ccc(S(=O)(=O)N2CCCNCC2)cc1. The van der Waals surface area contributed by atoms with Crippen molar-refractivity contribution < 1.29 is 13.2 Å². The Morgan fingerprint density at radius 1 is 0.962 bits per heavy atom. The number of para-hydroxylation sites is 1. The van der Waals surface area contributed by atoms with Gasteiger partial charge >= 0.3 is 0 Å². The molecule has 8 heteroatoms. The average molecular weight is 396 g/mol. The van der Waals surface area contributed by atoms with Crippen molar-refractivity contribution in [2.24, 2.45) is 0 Å². The summed E-state index contributed by atoms with van der Waals surface area (Å²) in [5.41, 5.74) is 1.11. The lowest BCUT2D eigenvalue weighted by Crippen LogP contribution is -2.34. The summed E-state index contributed by atoms with van der Waals surface area (Å²) in [7, 11) is -3.53. The highest BCUT2D eigenvalue weighted by molar-refractivity contribution is 7.89. The van der Waals surface area contributed by atoms with Gasteiger partial charge in [0.15, 0.2) is 0 Å². The second-order valence-electron chi connectivity index (χ2n) is 5.85. The van der Waals surface area contributed by atoms with Crippen molar-refractivity contribution >= 4 is 34.0 Å². The highest BCUT2D eigenvalue weighted by atomic mass is 35.5. The van der Waals surface area contributed by atoms with Gasteiger partial charge in [-0.05, 0) is 49.4 Å². The summed E-state index contributed by atoms with van der Waals surface area (Å²) in [6, 6.07) is 15.2. The van der Waals surface area contributed by atoms with Gasteiger partial charge in [0.1, 0.15) is 0 Å². The van der Waals surface area contributed by atoms with Crippen LogP contribution in [0.5, 0.6) is 0 Å². The van der Waals surface area contributed by atoms with Crippen molar-refractivity contribution in [2.45, 2.75) is 11.3 Å². The molecule has 2 aromatic rings. The van der Waals surface area contributed by atoms with Gasteiger partial charge < -0.3 is 10.6 Å². The van der Waals surface area contributed by atoms with Crippen LogP contribution in [0.3, 0.4) is 0 Å². The van der Waals surface area contributed by atoms with Crippen molar-refractivity contribution in [1.82, 2.24) is 9.62 Å². The minimum absolute atomic E-state index is 0. The molecule has 2 aromatic carbocycles. The quantitative estimate of drug-likeness (QED) is 0.832. The van der Waals surface area contributed by atoms with Crippen LogP contribution in [0, 0.1) is 0 Å². The number of nitrogens with zero attached hydrogens (tertiary/aromatic N) is 1. The molecule has 6 nitrogen and oxygen atoms in total. The fourth-order valence-electron chi connectivity index (χ4n) is 2.71. The minimum atomic E-state index is -3.53. The van der Waals surface area contributed by atoms with Crippen molar-refractivity contribution in [3.63, 3.8) is 0 Å². The molecule has 0 unspecified atom stereocenters. The van der Waals surface area contributed by atoms with Gasteiger partial charge in [0.2, 0.25) is 10.0 Å². The van der Waals surface area contributed by atoms with Crippen LogP contribution < -0.4 is 10.6 Å². The van der Waals surface area contributed by atoms with E-state index in [1.165, 1.54) is 16.4 Å². The molecule has 26 heavy (non-hydrogen) atoms. The van der Waals surface area contributed by atoms with Crippen LogP contribution in [0.1, 0.15) is 16.8 Å². The number of nitrogens with one attached hydrogen (secondary N) is 2. The van der Waals surface area contributed by atoms with Crippen molar-refractivity contribution in [2.75, 3.05) is 31.5 Å². The number of anilines is 1. The Morgan fingerprint density at radius 2 is 1.65 bits per heavy atom. The standard InChI is InChI=1S/C18H21N3O3S.ClH/c22-18(20-16-5-2-1-3-6-16)15-7-9-17(10-8-15)25(23,24)21-13-4-11-19-12-14-21;/h1-3,5-10,19H,4,11-14H2,(H,20,22);1H. The zero-order chi connectivity index (χ0) is 17.7. The Labute approximate surface area is 160 Å². The first-order valence-corrected chi connectivity index (χ1v) is 9.69. The lowest BCUT2D eigenvalue weighted by molar-refractivity contribution is 0.102. The van der Waals surface area contributed by atoms with Gasteiger partial charge in [-0.25, -0.2) is 8.42 Å². The summed E-state index contributed by atoms with van der Waals surface area (Å²) < 4.78 is 26.9. The molecule has 0 aliphatic carbocycles. The number of rotatable bonds is 4. The van der Waals surface area contributed by atoms with Crippen LogP contribution in [-0.4, -0.2) is 44.8 Å². The van der Waals surface area contributed by atoms with Gasteiger partial charge in [0, 0.05) is 30.9 Å². The molecule has 0 atom stereocenters. The zero-order valence-electron chi connectivity index (χ0n) is 14.2. The fraction of sp³-hybridized carbons (Fsp3) is 0.278. The van der Waals surface area contributed by atoms with Crippen LogP contribution in [0.25, 0.3) is 0 Å². The van der Waals surface area contributed by atoms with Gasteiger partial charge in [-0.2, -0.15) is 4.31 Å². The number of carbonyl (C=O) groups is 1. The molecule has 1 fully saturated rings. The molecule has 0 spiro atoms. The lowest BCUT2D eigenvalue weighted by Gasteiger charge is -2.19. The molecule has 1 aliphatic rings. The van der Waals surface area contributed by atoms with Gasteiger partial charge in [-0.3, -0.25) is 4.79 Å². The third kappa shape index (κ3) is 4.82. The molecule has 3 rings (SSSR count). The third-order valence-electron chi connectivity index (χ3n) is 4.08. The van der Waals surface area contributed by atoms with E-state index < -0.39 is 10.0 Å². The second-order valence-corrected chi connectivity index (χ2v) is 7.79. The number of sulfonamides is 1. The van der Waals surface area contributed by atoms with E-state index in [0.717, 1.165) is 13.0 Å². The Kier molecular flexibility index (Phi) is 7.16. The van der Waals surface area contributed by atoms with Crippen LogP contribution >= 0.6 is 12.4 Å². The highest BCUT2D eigenvalue weighted by Crippen LogP contribution is 2.18. The maximum absolute atomic E-state index is 12.7. The first-order valence-electron chi connectivity index (χ1n) is 8.25. The maximum atomic E-state index is 12.7. The largest absolute Gasteiger partial charge is 0.322 e. The van der Waals surface area contributed by atoms with Gasteiger partial charge in [0.25, 0.3) is 5.91 Å². The van der Waals surface area contributed by atoms with Crippen molar-refractivity contribution in [1.29, 1.82) is 0 Å². The van der Waals surface area contributed by atoms with E-state index in [-0.39, 0.29) is 23.2 Å². The molecule has 1 amide bonds. The first kappa shape index (κ1) is 20.4. The Balaban J connectivity index is 0.00000243. The van der Waals surface area contributed by atoms with Crippen LogP contribution in [0.2, 0.25) is 0 Å². The van der Waals surface area contributed by atoms with Gasteiger partial charge in [0.05, 0.1) is 4.90 Å². The van der Waals surface area contributed by atoms with E-state index >= 15 is 0 Å². The van der Waals surface area contributed by atoms with Crippen LogP contribution in [-0.2, 0) is 10.0 Å². The maximum Gasteiger partial charge on any atom is 0.255 e. The second kappa shape index (κ2) is 9.14. The molecule has 1 heterocycles. The summed E-state index contributed by atoms with van der Waals surface area (Å²) in [4.78, 5) is 12.5. The number of halogens is 1. The van der Waals surface area contributed by atoms with Crippen LogP contribution in [0.4, 0.5) is 5.69 Å². The topological polar surface area (TPSA) is 78.5 Å². The summed E-state index contributed by atoms with van der Waals surface area (Å²) in [5.74, 6) is -0.269. The zero-order valence-corrected chi connectivity index (χ0v) is 15.9. The molecule has 2 N–H and O–H groups in total. The van der Waals surface area contributed by atoms with E-state index in [0.29, 0.717) is 30.9 Å². The predicted molar refractivity (Wildman–Crippen MR) is 104 cm³/mol. The lowest BCUT2D eigenvalue weighted by atomic mass is 10.2. The Hall–Kier alpha value is -1.93. The molecule has 140 valence electrons. The molecular formula is C18H22ClN3O3S. The Morgan fingerprint density at radius 3 is 2.35 bits per heavy atom. The van der Waals surface area contributed by atoms with E-state index in [9.17, 15) is 13.2 Å².